The van der Waals surface area contributed by atoms with E-state index in [2.05, 4.69) is 61.5 Å². The first kappa shape index (κ1) is 13.6. The monoisotopic (exact) mass is 414 g/mol. The van der Waals surface area contributed by atoms with Gasteiger partial charge < -0.3 is 0 Å². The minimum Gasteiger partial charge on any atom is -0.142 e. The lowest BCUT2D eigenvalue weighted by atomic mass is 10.0. The number of halogens is 3. The van der Waals surface area contributed by atoms with Crippen molar-refractivity contribution < 1.29 is 0 Å². The number of rotatable bonds is 2. The minimum absolute atomic E-state index is 0.124. The van der Waals surface area contributed by atoms with Gasteiger partial charge in [0.15, 0.2) is 0 Å². The molecule has 0 amide bonds. The smallest absolute Gasteiger partial charge is 0.0849 e. The summed E-state index contributed by atoms with van der Waals surface area (Å²) in [6.45, 7) is 0. The van der Waals surface area contributed by atoms with E-state index in [4.69, 9.17) is 11.6 Å². The Balaban J connectivity index is 2.12. The molecule has 1 unspecified atom stereocenters. The average Bonchev–Trinajstić information content (AvgIpc) is 2.83. The summed E-state index contributed by atoms with van der Waals surface area (Å²) < 4.78 is 3.42. The lowest BCUT2D eigenvalue weighted by Crippen LogP contribution is -1.91. The second kappa shape index (κ2) is 5.57. The van der Waals surface area contributed by atoms with Gasteiger partial charge in [0, 0.05) is 13.6 Å². The molecule has 0 aliphatic heterocycles. The van der Waals surface area contributed by atoms with Crippen LogP contribution in [-0.2, 0) is 0 Å². The quantitative estimate of drug-likeness (QED) is 0.405. The maximum atomic E-state index is 6.65. The van der Waals surface area contributed by atoms with E-state index in [0.717, 1.165) is 14.5 Å². The van der Waals surface area contributed by atoms with Crippen LogP contribution in [0.2, 0.25) is 0 Å². The molecule has 0 fully saturated rings. The third-order valence-electron chi connectivity index (χ3n) is 3.00. The normalized spacial score (nSPS) is 12.8. The first-order chi connectivity index (χ1) is 9.16. The maximum Gasteiger partial charge on any atom is 0.0849 e. The summed E-state index contributed by atoms with van der Waals surface area (Å²) in [5.74, 6) is 0. The predicted molar refractivity (Wildman–Crippen MR) is 91.4 cm³/mol. The standard InChI is InChI=1S/C15H9Br2ClS/c16-10-4-1-3-9(7-10)14(18)12-8-19-15-11(12)5-2-6-13(15)17/h1-8,14H. The van der Waals surface area contributed by atoms with E-state index in [1.165, 1.54) is 15.6 Å². The van der Waals surface area contributed by atoms with Gasteiger partial charge in [0.25, 0.3) is 0 Å². The fourth-order valence-electron chi connectivity index (χ4n) is 2.08. The van der Waals surface area contributed by atoms with Gasteiger partial charge in [0.1, 0.15) is 0 Å². The summed E-state index contributed by atoms with van der Waals surface area (Å²) in [6, 6.07) is 14.4. The number of alkyl halides is 1. The Morgan fingerprint density at radius 2 is 1.84 bits per heavy atom. The van der Waals surface area contributed by atoms with Gasteiger partial charge in [-0.15, -0.1) is 22.9 Å². The van der Waals surface area contributed by atoms with E-state index in [9.17, 15) is 0 Å². The summed E-state index contributed by atoms with van der Waals surface area (Å²) >= 11 is 15.5. The predicted octanol–water partition coefficient (Wildman–Crippen LogP) is 6.75. The Morgan fingerprint density at radius 3 is 2.63 bits per heavy atom. The van der Waals surface area contributed by atoms with Crippen molar-refractivity contribution in [1.29, 1.82) is 0 Å². The van der Waals surface area contributed by atoms with E-state index in [1.807, 2.05) is 18.2 Å². The van der Waals surface area contributed by atoms with Gasteiger partial charge >= 0.3 is 0 Å². The molecule has 0 bridgehead atoms. The van der Waals surface area contributed by atoms with E-state index >= 15 is 0 Å². The zero-order valence-corrected chi connectivity index (χ0v) is 14.5. The largest absolute Gasteiger partial charge is 0.142 e. The SMILES string of the molecule is ClC(c1cccc(Br)c1)c1csc2c(Br)cccc12. The molecule has 3 rings (SSSR count). The van der Waals surface area contributed by atoms with Gasteiger partial charge in [-0.25, -0.2) is 0 Å². The molecular weight excluding hydrogens is 407 g/mol. The lowest BCUT2D eigenvalue weighted by Gasteiger charge is -2.09. The number of hydrogen-bond donors (Lipinski definition) is 0. The van der Waals surface area contributed by atoms with Gasteiger partial charge in [-0.1, -0.05) is 40.2 Å². The molecule has 1 atom stereocenters. The third kappa shape index (κ3) is 2.62. The summed E-state index contributed by atoms with van der Waals surface area (Å²) in [5, 5.41) is 3.24. The fraction of sp³-hybridized carbons (Fsp3) is 0.0667. The Morgan fingerprint density at radius 1 is 1.05 bits per heavy atom. The van der Waals surface area contributed by atoms with Crippen LogP contribution in [0.15, 0.2) is 56.8 Å². The second-order valence-corrected chi connectivity index (χ2v) is 7.31. The Hall–Kier alpha value is -0.350. The first-order valence-corrected chi connectivity index (χ1v) is 8.62. The third-order valence-corrected chi connectivity index (χ3v) is 5.95. The van der Waals surface area contributed by atoms with E-state index in [-0.39, 0.29) is 5.38 Å². The summed E-state index contributed by atoms with van der Waals surface area (Å²) in [4.78, 5) is 0. The molecule has 0 nitrogen and oxygen atoms in total. The molecule has 2 aromatic carbocycles. The van der Waals surface area contributed by atoms with Crippen LogP contribution in [0.4, 0.5) is 0 Å². The fourth-order valence-corrected chi connectivity index (χ4v) is 4.54. The van der Waals surface area contributed by atoms with Crippen molar-refractivity contribution in [1.82, 2.24) is 0 Å². The second-order valence-electron chi connectivity index (χ2n) is 4.23. The highest BCUT2D eigenvalue weighted by Gasteiger charge is 2.16. The van der Waals surface area contributed by atoms with Crippen LogP contribution in [0.3, 0.4) is 0 Å². The highest BCUT2D eigenvalue weighted by Crippen LogP contribution is 2.40. The van der Waals surface area contributed by atoms with Crippen molar-refractivity contribution in [2.24, 2.45) is 0 Å². The minimum atomic E-state index is -0.124. The molecule has 96 valence electrons. The molecule has 0 aliphatic rings. The molecule has 1 heterocycles. The molecule has 19 heavy (non-hydrogen) atoms. The van der Waals surface area contributed by atoms with Gasteiger partial charge in [0.05, 0.1) is 5.38 Å². The Kier molecular flexibility index (Phi) is 3.99. The van der Waals surface area contributed by atoms with Gasteiger partial charge in [-0.05, 0) is 56.0 Å². The number of benzene rings is 2. The van der Waals surface area contributed by atoms with Crippen molar-refractivity contribution in [3.8, 4) is 0 Å². The summed E-state index contributed by atoms with van der Waals surface area (Å²) in [6.07, 6.45) is 0. The Bertz CT molecular complexity index is 736. The van der Waals surface area contributed by atoms with Crippen LogP contribution < -0.4 is 0 Å². The first-order valence-electron chi connectivity index (χ1n) is 5.72. The lowest BCUT2D eigenvalue weighted by molar-refractivity contribution is 1.17. The van der Waals surface area contributed by atoms with Crippen molar-refractivity contribution >= 4 is 64.9 Å². The van der Waals surface area contributed by atoms with Crippen LogP contribution in [0.5, 0.6) is 0 Å². The van der Waals surface area contributed by atoms with Crippen LogP contribution in [0.25, 0.3) is 10.1 Å². The van der Waals surface area contributed by atoms with E-state index in [0.29, 0.717) is 0 Å². The molecule has 1 aromatic heterocycles. The van der Waals surface area contributed by atoms with Gasteiger partial charge in [0.2, 0.25) is 0 Å². The molecule has 0 saturated carbocycles. The number of hydrogen-bond acceptors (Lipinski definition) is 1. The zero-order valence-electron chi connectivity index (χ0n) is 9.74. The highest BCUT2D eigenvalue weighted by atomic mass is 79.9. The molecule has 3 aromatic rings. The van der Waals surface area contributed by atoms with Gasteiger partial charge in [-0.3, -0.25) is 0 Å². The van der Waals surface area contributed by atoms with E-state index < -0.39 is 0 Å². The Labute approximate surface area is 137 Å². The van der Waals surface area contributed by atoms with Crippen LogP contribution >= 0.6 is 54.8 Å². The molecule has 0 N–H and O–H groups in total. The topological polar surface area (TPSA) is 0 Å². The van der Waals surface area contributed by atoms with Crippen LogP contribution in [0.1, 0.15) is 16.5 Å². The molecule has 0 aliphatic carbocycles. The van der Waals surface area contributed by atoms with Crippen LogP contribution in [0, 0.1) is 0 Å². The average molecular weight is 417 g/mol. The molecule has 0 spiro atoms. The molecule has 0 radical (unpaired) electrons. The van der Waals surface area contributed by atoms with Crippen molar-refractivity contribution in [2.45, 2.75) is 5.38 Å². The molecule has 0 saturated heterocycles. The highest BCUT2D eigenvalue weighted by molar-refractivity contribution is 9.11. The van der Waals surface area contributed by atoms with Gasteiger partial charge in [-0.2, -0.15) is 0 Å². The molecular formula is C15H9Br2ClS. The van der Waals surface area contributed by atoms with Crippen molar-refractivity contribution in [2.75, 3.05) is 0 Å². The maximum absolute atomic E-state index is 6.65. The van der Waals surface area contributed by atoms with E-state index in [1.54, 1.807) is 11.3 Å². The zero-order chi connectivity index (χ0) is 13.4. The van der Waals surface area contributed by atoms with Crippen LogP contribution in [-0.4, -0.2) is 0 Å². The van der Waals surface area contributed by atoms with Crippen molar-refractivity contribution in [3.05, 3.63) is 67.9 Å². The number of fused-ring (bicyclic) bond motifs is 1. The molecule has 4 heteroatoms. The van der Waals surface area contributed by atoms with Crippen molar-refractivity contribution in [3.63, 3.8) is 0 Å². The number of thiophene rings is 1. The summed E-state index contributed by atoms with van der Waals surface area (Å²) in [7, 11) is 0. The summed E-state index contributed by atoms with van der Waals surface area (Å²) in [5.41, 5.74) is 2.27.